The molecule has 0 spiro atoms. The number of aromatic amines is 1. The van der Waals surface area contributed by atoms with E-state index in [1.807, 2.05) is 19.1 Å². The number of nitrogens with one attached hydrogen (secondary N) is 1. The van der Waals surface area contributed by atoms with Crippen LogP contribution < -0.4 is 20.7 Å². The van der Waals surface area contributed by atoms with Gasteiger partial charge in [0.25, 0.3) is 5.56 Å². The van der Waals surface area contributed by atoms with Crippen molar-refractivity contribution in [1.29, 1.82) is 0 Å². The molecule has 0 amide bonds. The van der Waals surface area contributed by atoms with Gasteiger partial charge >= 0.3 is 11.7 Å². The van der Waals surface area contributed by atoms with Crippen molar-refractivity contribution in [3.63, 3.8) is 0 Å². The summed E-state index contributed by atoms with van der Waals surface area (Å²) in [6, 6.07) is 14.1. The molecule has 2 aromatic carbocycles. The van der Waals surface area contributed by atoms with Crippen molar-refractivity contribution in [2.45, 2.75) is 19.6 Å². The Bertz CT molecular complexity index is 1360. The SMILES string of the molecule is Cc1ccc(Oc2nc3c(c(=O)[nH]c(=O)n3C)n2C[C@H](O)COc2ccc(Cl)cc2)cc1. The molecule has 2 aromatic heterocycles. The number of aliphatic hydroxyl groups excluding tert-OH is 1. The van der Waals surface area contributed by atoms with Crippen LogP contribution in [0.4, 0.5) is 0 Å². The van der Waals surface area contributed by atoms with Crippen LogP contribution >= 0.6 is 11.6 Å². The van der Waals surface area contributed by atoms with Gasteiger partial charge in [-0.25, -0.2) is 4.79 Å². The molecule has 0 saturated carbocycles. The van der Waals surface area contributed by atoms with Gasteiger partial charge in [-0.05, 0) is 43.3 Å². The van der Waals surface area contributed by atoms with Gasteiger partial charge in [-0.3, -0.25) is 18.9 Å². The molecule has 0 unspecified atom stereocenters. The first-order chi connectivity index (χ1) is 15.3. The number of aromatic nitrogens is 4. The topological polar surface area (TPSA) is 111 Å². The quantitative estimate of drug-likeness (QED) is 0.442. The van der Waals surface area contributed by atoms with Gasteiger partial charge in [0, 0.05) is 12.1 Å². The molecule has 0 aliphatic carbocycles. The number of hydrogen-bond acceptors (Lipinski definition) is 6. The Morgan fingerprint density at radius 3 is 2.44 bits per heavy atom. The summed E-state index contributed by atoms with van der Waals surface area (Å²) in [6.07, 6.45) is -1.000. The summed E-state index contributed by atoms with van der Waals surface area (Å²) >= 11 is 5.87. The first-order valence-corrected chi connectivity index (χ1v) is 10.2. The van der Waals surface area contributed by atoms with E-state index >= 15 is 0 Å². The summed E-state index contributed by atoms with van der Waals surface area (Å²) in [5.74, 6) is 1.04. The van der Waals surface area contributed by atoms with E-state index in [2.05, 4.69) is 9.97 Å². The highest BCUT2D eigenvalue weighted by Crippen LogP contribution is 2.25. The van der Waals surface area contributed by atoms with Crippen molar-refractivity contribution in [3.05, 3.63) is 80.0 Å². The van der Waals surface area contributed by atoms with E-state index in [4.69, 9.17) is 21.1 Å². The molecule has 2 N–H and O–H groups in total. The van der Waals surface area contributed by atoms with E-state index in [0.29, 0.717) is 16.5 Å². The molecule has 166 valence electrons. The minimum Gasteiger partial charge on any atom is -0.491 e. The summed E-state index contributed by atoms with van der Waals surface area (Å²) in [5, 5.41) is 11.2. The second kappa shape index (κ2) is 8.89. The highest BCUT2D eigenvalue weighted by molar-refractivity contribution is 6.30. The van der Waals surface area contributed by atoms with Crippen molar-refractivity contribution in [2.75, 3.05) is 6.61 Å². The van der Waals surface area contributed by atoms with E-state index in [9.17, 15) is 14.7 Å². The molecule has 0 aliphatic heterocycles. The molecule has 0 bridgehead atoms. The molecule has 0 aliphatic rings. The van der Waals surface area contributed by atoms with Gasteiger partial charge < -0.3 is 14.6 Å². The zero-order valence-electron chi connectivity index (χ0n) is 17.4. The highest BCUT2D eigenvalue weighted by Gasteiger charge is 2.21. The van der Waals surface area contributed by atoms with Gasteiger partial charge in [0.05, 0.1) is 6.54 Å². The number of ether oxygens (including phenoxy) is 2. The predicted molar refractivity (Wildman–Crippen MR) is 120 cm³/mol. The van der Waals surface area contributed by atoms with Crippen LogP contribution in [0, 0.1) is 6.92 Å². The maximum absolute atomic E-state index is 12.6. The van der Waals surface area contributed by atoms with Crippen molar-refractivity contribution in [3.8, 4) is 17.5 Å². The zero-order valence-corrected chi connectivity index (χ0v) is 18.2. The van der Waals surface area contributed by atoms with Crippen molar-refractivity contribution in [2.24, 2.45) is 7.05 Å². The van der Waals surface area contributed by atoms with E-state index in [1.54, 1.807) is 36.4 Å². The van der Waals surface area contributed by atoms with E-state index in [1.165, 1.54) is 16.2 Å². The fourth-order valence-electron chi connectivity index (χ4n) is 3.16. The summed E-state index contributed by atoms with van der Waals surface area (Å²) in [5.41, 5.74) is 0.0896. The minimum atomic E-state index is -1.000. The zero-order chi connectivity index (χ0) is 22.8. The number of aryl methyl sites for hydroxylation is 2. The molecular formula is C22H21ClN4O5. The Morgan fingerprint density at radius 1 is 1.09 bits per heavy atom. The van der Waals surface area contributed by atoms with Crippen LogP contribution in [0.5, 0.6) is 17.5 Å². The third-order valence-electron chi connectivity index (χ3n) is 4.85. The van der Waals surface area contributed by atoms with Gasteiger partial charge in [-0.15, -0.1) is 0 Å². The van der Waals surface area contributed by atoms with Crippen LogP contribution in [-0.2, 0) is 13.6 Å². The Balaban J connectivity index is 1.66. The smallest absolute Gasteiger partial charge is 0.329 e. The number of imidazole rings is 1. The fourth-order valence-corrected chi connectivity index (χ4v) is 3.29. The molecule has 0 radical (unpaired) electrons. The van der Waals surface area contributed by atoms with Crippen molar-refractivity contribution in [1.82, 2.24) is 19.1 Å². The molecule has 4 aromatic rings. The van der Waals surface area contributed by atoms with Gasteiger partial charge in [0.2, 0.25) is 0 Å². The number of halogens is 1. The van der Waals surface area contributed by atoms with Gasteiger partial charge in [-0.1, -0.05) is 29.3 Å². The van der Waals surface area contributed by atoms with E-state index < -0.39 is 17.4 Å². The van der Waals surface area contributed by atoms with Crippen molar-refractivity contribution >= 4 is 22.8 Å². The lowest BCUT2D eigenvalue weighted by atomic mass is 10.2. The maximum atomic E-state index is 12.6. The molecule has 32 heavy (non-hydrogen) atoms. The predicted octanol–water partition coefficient (Wildman–Crippen LogP) is 2.62. The first-order valence-electron chi connectivity index (χ1n) is 9.82. The molecular weight excluding hydrogens is 436 g/mol. The third kappa shape index (κ3) is 4.53. The van der Waals surface area contributed by atoms with Crippen LogP contribution in [0.25, 0.3) is 11.2 Å². The Labute approximate surface area is 187 Å². The lowest BCUT2D eigenvalue weighted by Crippen LogP contribution is -2.30. The van der Waals surface area contributed by atoms with Gasteiger partial charge in [0.15, 0.2) is 11.2 Å². The molecule has 0 fully saturated rings. The summed E-state index contributed by atoms with van der Waals surface area (Å²) in [7, 11) is 1.49. The number of nitrogens with zero attached hydrogens (tertiary/aromatic N) is 3. The summed E-state index contributed by atoms with van der Waals surface area (Å²) in [6.45, 7) is 1.85. The monoisotopic (exact) mass is 456 g/mol. The normalized spacial score (nSPS) is 12.1. The second-order valence-corrected chi connectivity index (χ2v) is 7.77. The standard InChI is InChI=1S/C22H21ClN4O5/c1-13-3-7-17(8-4-13)32-22-24-19-18(20(29)25-21(30)26(19)2)27(22)11-15(28)12-31-16-9-5-14(23)6-10-16/h3-10,15,28H,11-12H2,1-2H3,(H,25,29,30)/t15-/m0/s1. The number of hydrogen-bond donors (Lipinski definition) is 2. The molecule has 9 nitrogen and oxygen atoms in total. The Kier molecular flexibility index (Phi) is 6.02. The number of benzene rings is 2. The average molecular weight is 457 g/mol. The Hall–Kier alpha value is -3.56. The summed E-state index contributed by atoms with van der Waals surface area (Å²) < 4.78 is 14.1. The van der Waals surface area contributed by atoms with E-state index in [0.717, 1.165) is 5.56 Å². The van der Waals surface area contributed by atoms with Crippen LogP contribution in [-0.4, -0.2) is 36.9 Å². The number of fused-ring (bicyclic) bond motifs is 1. The van der Waals surface area contributed by atoms with Crippen LogP contribution in [0.1, 0.15) is 5.56 Å². The molecule has 1 atom stereocenters. The van der Waals surface area contributed by atoms with Crippen molar-refractivity contribution < 1.29 is 14.6 Å². The lowest BCUT2D eigenvalue weighted by Gasteiger charge is -2.15. The number of rotatable bonds is 7. The van der Waals surface area contributed by atoms with Crippen LogP contribution in [0.3, 0.4) is 0 Å². The largest absolute Gasteiger partial charge is 0.491 e. The number of H-pyrrole nitrogens is 1. The van der Waals surface area contributed by atoms with Crippen LogP contribution in [0.15, 0.2) is 58.1 Å². The third-order valence-corrected chi connectivity index (χ3v) is 5.10. The molecule has 2 heterocycles. The number of aliphatic hydroxyl groups is 1. The molecule has 0 saturated heterocycles. The maximum Gasteiger partial charge on any atom is 0.329 e. The molecule has 10 heteroatoms. The van der Waals surface area contributed by atoms with Gasteiger partial charge in [0.1, 0.15) is 24.2 Å². The lowest BCUT2D eigenvalue weighted by molar-refractivity contribution is 0.0915. The summed E-state index contributed by atoms with van der Waals surface area (Å²) in [4.78, 5) is 31.2. The first kappa shape index (κ1) is 21.7. The minimum absolute atomic E-state index is 0.0467. The second-order valence-electron chi connectivity index (χ2n) is 7.33. The fraction of sp³-hybridized carbons (Fsp3) is 0.227. The van der Waals surface area contributed by atoms with E-state index in [-0.39, 0.29) is 30.3 Å². The van der Waals surface area contributed by atoms with Gasteiger partial charge in [-0.2, -0.15) is 4.98 Å². The highest BCUT2D eigenvalue weighted by atomic mass is 35.5. The average Bonchev–Trinajstić information content (AvgIpc) is 3.12. The van der Waals surface area contributed by atoms with Crippen LogP contribution in [0.2, 0.25) is 5.02 Å². The Morgan fingerprint density at radius 2 is 1.75 bits per heavy atom. The molecule has 4 rings (SSSR count).